The van der Waals surface area contributed by atoms with E-state index in [-0.39, 0.29) is 0 Å². The Morgan fingerprint density at radius 2 is 2.29 bits per heavy atom. The molecule has 78 valence electrons. The summed E-state index contributed by atoms with van der Waals surface area (Å²) in [5, 5.41) is 10.3. The zero-order chi connectivity index (χ0) is 10.0. The van der Waals surface area contributed by atoms with Crippen LogP contribution in [0.5, 0.6) is 0 Å². The van der Waals surface area contributed by atoms with Gasteiger partial charge in [0.1, 0.15) is 0 Å². The molecule has 0 spiro atoms. The van der Waals surface area contributed by atoms with E-state index in [9.17, 15) is 5.11 Å². The molecule has 2 heterocycles. The quantitative estimate of drug-likeness (QED) is 0.779. The van der Waals surface area contributed by atoms with Gasteiger partial charge in [-0.15, -0.1) is 0 Å². The Bertz CT molecular complexity index is 280. The zero-order valence-corrected chi connectivity index (χ0v) is 9.13. The van der Waals surface area contributed by atoms with Crippen LogP contribution in [0.25, 0.3) is 0 Å². The van der Waals surface area contributed by atoms with Crippen LogP contribution in [0.15, 0.2) is 6.20 Å². The van der Waals surface area contributed by atoms with Gasteiger partial charge in [0.15, 0.2) is 0 Å². The number of aromatic nitrogens is 2. The molecule has 5 heteroatoms. The van der Waals surface area contributed by atoms with Crippen molar-refractivity contribution in [2.75, 3.05) is 20.1 Å². The van der Waals surface area contributed by atoms with Gasteiger partial charge in [0.05, 0.1) is 29.2 Å². The lowest BCUT2D eigenvalue weighted by atomic mass is 9.87. The van der Waals surface area contributed by atoms with Gasteiger partial charge in [-0.3, -0.25) is 0 Å². The summed E-state index contributed by atoms with van der Waals surface area (Å²) in [4.78, 5) is 2.24. The lowest BCUT2D eigenvalue weighted by Gasteiger charge is -2.36. The Hall–Kier alpha value is -0.520. The smallest absolute Gasteiger partial charge is 0.0771 e. The Kier molecular flexibility index (Phi) is 2.80. The molecule has 1 saturated heterocycles. The van der Waals surface area contributed by atoms with Gasteiger partial charge in [0.25, 0.3) is 0 Å². The second kappa shape index (κ2) is 3.92. The first-order valence-corrected chi connectivity index (χ1v) is 5.58. The number of piperidine rings is 1. The molecule has 0 unspecified atom stereocenters. The number of nitrogens with zero attached hydrogens (tertiary/aromatic N) is 3. The van der Waals surface area contributed by atoms with Crippen LogP contribution in [-0.2, 0) is 6.42 Å². The highest BCUT2D eigenvalue weighted by Gasteiger charge is 2.31. The minimum atomic E-state index is -0.553. The summed E-state index contributed by atoms with van der Waals surface area (Å²) in [6, 6.07) is 0. The molecule has 0 bridgehead atoms. The summed E-state index contributed by atoms with van der Waals surface area (Å²) in [6.07, 6.45) is 4.07. The first-order chi connectivity index (χ1) is 6.68. The highest BCUT2D eigenvalue weighted by atomic mass is 32.1. The second-order valence-corrected chi connectivity index (χ2v) is 4.66. The molecule has 1 aromatic heterocycles. The van der Waals surface area contributed by atoms with Crippen molar-refractivity contribution in [1.82, 2.24) is 13.6 Å². The van der Waals surface area contributed by atoms with Crippen molar-refractivity contribution < 1.29 is 5.11 Å². The standard InChI is InChI=1S/C9H15N3OS/c1-12-4-2-9(13,3-5-12)6-8-7-10-14-11-8/h7,13H,2-6H2,1H3. The number of likely N-dealkylation sites (tertiary alicyclic amines) is 1. The third-order valence-corrected chi connectivity index (χ3v) is 3.35. The molecule has 1 fully saturated rings. The second-order valence-electron chi connectivity index (χ2n) is 4.10. The Morgan fingerprint density at radius 3 is 2.86 bits per heavy atom. The van der Waals surface area contributed by atoms with E-state index in [0.29, 0.717) is 6.42 Å². The van der Waals surface area contributed by atoms with E-state index in [2.05, 4.69) is 20.7 Å². The van der Waals surface area contributed by atoms with Crippen LogP contribution in [0.4, 0.5) is 0 Å². The van der Waals surface area contributed by atoms with Crippen LogP contribution in [0.2, 0.25) is 0 Å². The topological polar surface area (TPSA) is 49.2 Å². The third kappa shape index (κ3) is 2.29. The minimum absolute atomic E-state index is 0.553. The fourth-order valence-electron chi connectivity index (χ4n) is 1.81. The molecule has 0 aliphatic carbocycles. The largest absolute Gasteiger partial charge is 0.389 e. The molecular formula is C9H15N3OS. The van der Waals surface area contributed by atoms with Gasteiger partial charge in [-0.1, -0.05) is 0 Å². The van der Waals surface area contributed by atoms with Gasteiger partial charge in [-0.2, -0.15) is 8.75 Å². The predicted octanol–water partition coefficient (Wildman–Crippen LogP) is 0.537. The number of rotatable bonds is 2. The summed E-state index contributed by atoms with van der Waals surface area (Å²) in [5.41, 5.74) is 0.365. The lowest BCUT2D eigenvalue weighted by molar-refractivity contribution is -0.0156. The average molecular weight is 213 g/mol. The number of hydrogen-bond acceptors (Lipinski definition) is 5. The molecule has 0 saturated carbocycles. The van der Waals surface area contributed by atoms with E-state index in [1.54, 1.807) is 6.20 Å². The van der Waals surface area contributed by atoms with Crippen LogP contribution in [0.1, 0.15) is 18.5 Å². The average Bonchev–Trinajstić information content (AvgIpc) is 2.63. The summed E-state index contributed by atoms with van der Waals surface area (Å²) in [6.45, 7) is 1.93. The molecule has 1 N–H and O–H groups in total. The summed E-state index contributed by atoms with van der Waals surface area (Å²) >= 11 is 1.21. The molecule has 1 aliphatic rings. The van der Waals surface area contributed by atoms with Crippen LogP contribution >= 0.6 is 11.7 Å². The monoisotopic (exact) mass is 213 g/mol. The van der Waals surface area contributed by atoms with Crippen LogP contribution in [-0.4, -0.2) is 44.5 Å². The van der Waals surface area contributed by atoms with Crippen molar-refractivity contribution in [3.05, 3.63) is 11.9 Å². The van der Waals surface area contributed by atoms with Gasteiger partial charge < -0.3 is 10.0 Å². The maximum absolute atomic E-state index is 10.3. The fraction of sp³-hybridized carbons (Fsp3) is 0.778. The highest BCUT2D eigenvalue weighted by Crippen LogP contribution is 2.24. The van der Waals surface area contributed by atoms with Gasteiger partial charge in [0, 0.05) is 19.5 Å². The summed E-state index contributed by atoms with van der Waals surface area (Å²) in [7, 11) is 2.09. The fourth-order valence-corrected chi connectivity index (χ4v) is 2.24. The lowest BCUT2D eigenvalue weighted by Crippen LogP contribution is -2.44. The van der Waals surface area contributed by atoms with E-state index in [0.717, 1.165) is 31.6 Å². The van der Waals surface area contributed by atoms with Crippen molar-refractivity contribution in [2.45, 2.75) is 24.9 Å². The first kappa shape index (κ1) is 10.0. The SMILES string of the molecule is CN1CCC(O)(Cc2cnsn2)CC1. The van der Waals surface area contributed by atoms with Crippen LogP contribution in [0.3, 0.4) is 0 Å². The van der Waals surface area contributed by atoms with Gasteiger partial charge in [-0.05, 0) is 19.9 Å². The Balaban J connectivity index is 1.96. The third-order valence-electron chi connectivity index (χ3n) is 2.83. The molecule has 2 rings (SSSR count). The number of aliphatic hydroxyl groups is 1. The van der Waals surface area contributed by atoms with Crippen molar-refractivity contribution in [1.29, 1.82) is 0 Å². The zero-order valence-electron chi connectivity index (χ0n) is 8.31. The van der Waals surface area contributed by atoms with Crippen molar-refractivity contribution in [2.24, 2.45) is 0 Å². The molecule has 1 aliphatic heterocycles. The van der Waals surface area contributed by atoms with Crippen molar-refractivity contribution >= 4 is 11.7 Å². The van der Waals surface area contributed by atoms with Crippen LogP contribution < -0.4 is 0 Å². The Labute approximate surface area is 87.9 Å². The van der Waals surface area contributed by atoms with E-state index in [1.807, 2.05) is 0 Å². The molecule has 14 heavy (non-hydrogen) atoms. The molecule has 0 aromatic carbocycles. The number of hydrogen-bond donors (Lipinski definition) is 1. The molecule has 0 radical (unpaired) electrons. The summed E-state index contributed by atoms with van der Waals surface area (Å²) < 4.78 is 8.07. The maximum Gasteiger partial charge on any atom is 0.0771 e. The van der Waals surface area contributed by atoms with Crippen molar-refractivity contribution in [3.8, 4) is 0 Å². The van der Waals surface area contributed by atoms with Gasteiger partial charge in [-0.25, -0.2) is 0 Å². The maximum atomic E-state index is 10.3. The highest BCUT2D eigenvalue weighted by molar-refractivity contribution is 6.99. The van der Waals surface area contributed by atoms with E-state index >= 15 is 0 Å². The van der Waals surface area contributed by atoms with E-state index < -0.39 is 5.60 Å². The molecule has 1 aromatic rings. The normalized spacial score (nSPS) is 22.4. The predicted molar refractivity (Wildman–Crippen MR) is 55.3 cm³/mol. The van der Waals surface area contributed by atoms with Gasteiger partial charge >= 0.3 is 0 Å². The van der Waals surface area contributed by atoms with Gasteiger partial charge in [0.2, 0.25) is 0 Å². The van der Waals surface area contributed by atoms with E-state index in [4.69, 9.17) is 0 Å². The molecule has 4 nitrogen and oxygen atoms in total. The Morgan fingerprint density at radius 1 is 1.57 bits per heavy atom. The molecular weight excluding hydrogens is 198 g/mol. The van der Waals surface area contributed by atoms with E-state index in [1.165, 1.54) is 11.7 Å². The molecule has 0 atom stereocenters. The minimum Gasteiger partial charge on any atom is -0.389 e. The summed E-state index contributed by atoms with van der Waals surface area (Å²) in [5.74, 6) is 0. The van der Waals surface area contributed by atoms with Crippen LogP contribution in [0, 0.1) is 0 Å². The van der Waals surface area contributed by atoms with Crippen molar-refractivity contribution in [3.63, 3.8) is 0 Å². The molecule has 0 amide bonds. The first-order valence-electron chi connectivity index (χ1n) is 4.85.